The molecular weight excluding hydrogens is 258 g/mol. The maximum absolute atomic E-state index is 6.16. The van der Waals surface area contributed by atoms with E-state index in [1.807, 2.05) is 12.3 Å². The monoisotopic (exact) mass is 281 g/mol. The predicted octanol–water partition coefficient (Wildman–Crippen LogP) is 3.66. The largest absolute Gasteiger partial charge is 0.380 e. The first kappa shape index (κ1) is 14.6. The first-order chi connectivity index (χ1) is 9.20. The van der Waals surface area contributed by atoms with Crippen LogP contribution >= 0.6 is 11.6 Å². The fourth-order valence-corrected chi connectivity index (χ4v) is 3.00. The van der Waals surface area contributed by atoms with Crippen LogP contribution in [0.2, 0.25) is 5.02 Å². The van der Waals surface area contributed by atoms with Crippen LogP contribution in [0.3, 0.4) is 0 Å². The summed E-state index contributed by atoms with van der Waals surface area (Å²) < 4.78 is 0. The van der Waals surface area contributed by atoms with Crippen LogP contribution in [0, 0.1) is 5.92 Å². The highest BCUT2D eigenvalue weighted by Gasteiger charge is 2.23. The molecule has 0 amide bonds. The van der Waals surface area contributed by atoms with Crippen molar-refractivity contribution in [2.24, 2.45) is 5.92 Å². The lowest BCUT2D eigenvalue weighted by Gasteiger charge is -2.35. The minimum absolute atomic E-state index is 0.450. The van der Waals surface area contributed by atoms with Crippen molar-refractivity contribution in [1.29, 1.82) is 0 Å². The van der Waals surface area contributed by atoms with Gasteiger partial charge in [-0.3, -0.25) is 4.98 Å². The molecule has 0 aliphatic carbocycles. The van der Waals surface area contributed by atoms with Crippen molar-refractivity contribution in [2.45, 2.75) is 39.2 Å². The van der Waals surface area contributed by atoms with E-state index in [1.54, 1.807) is 6.20 Å². The zero-order valence-corrected chi connectivity index (χ0v) is 12.7. The van der Waals surface area contributed by atoms with Crippen LogP contribution in [-0.4, -0.2) is 35.6 Å². The van der Waals surface area contributed by atoms with Gasteiger partial charge >= 0.3 is 0 Å². The average Bonchev–Trinajstić information content (AvgIpc) is 2.42. The smallest absolute Gasteiger partial charge is 0.0718 e. The van der Waals surface area contributed by atoms with Crippen LogP contribution in [-0.2, 0) is 0 Å². The molecule has 0 saturated carbocycles. The Morgan fingerprint density at radius 1 is 1.47 bits per heavy atom. The predicted molar refractivity (Wildman–Crippen MR) is 81.8 cm³/mol. The van der Waals surface area contributed by atoms with Crippen LogP contribution < -0.4 is 5.32 Å². The minimum atomic E-state index is 0.450. The fourth-order valence-electron chi connectivity index (χ4n) is 2.84. The Bertz CT molecular complexity index is 389. The number of pyridine rings is 1. The van der Waals surface area contributed by atoms with Gasteiger partial charge in [0.05, 0.1) is 16.9 Å². The summed E-state index contributed by atoms with van der Waals surface area (Å²) in [5.74, 6) is 0.726. The molecule has 0 aromatic carbocycles. The summed E-state index contributed by atoms with van der Waals surface area (Å²) in [7, 11) is 0. The summed E-state index contributed by atoms with van der Waals surface area (Å²) in [6, 6.07) is 2.28. The van der Waals surface area contributed by atoms with Crippen molar-refractivity contribution >= 4 is 17.3 Å². The zero-order valence-electron chi connectivity index (χ0n) is 11.9. The van der Waals surface area contributed by atoms with Crippen LogP contribution in [0.5, 0.6) is 0 Å². The maximum Gasteiger partial charge on any atom is 0.0718 e. The summed E-state index contributed by atoms with van der Waals surface area (Å²) in [5, 5.41) is 4.27. The molecule has 106 valence electrons. The molecule has 0 radical (unpaired) electrons. The SMILES string of the molecule is CCCN1CCC(C(C)Nc2cnccc2Cl)CC1. The van der Waals surface area contributed by atoms with Crippen LogP contribution in [0.4, 0.5) is 5.69 Å². The summed E-state index contributed by atoms with van der Waals surface area (Å²) in [6.45, 7) is 8.20. The summed E-state index contributed by atoms with van der Waals surface area (Å²) in [6.07, 6.45) is 7.33. The first-order valence-corrected chi connectivity index (χ1v) is 7.67. The lowest BCUT2D eigenvalue weighted by atomic mass is 9.90. The number of halogens is 1. The lowest BCUT2D eigenvalue weighted by molar-refractivity contribution is 0.176. The van der Waals surface area contributed by atoms with E-state index in [2.05, 4.69) is 29.0 Å². The molecule has 1 N–H and O–H groups in total. The highest BCUT2D eigenvalue weighted by Crippen LogP contribution is 2.26. The Morgan fingerprint density at radius 2 is 2.21 bits per heavy atom. The van der Waals surface area contributed by atoms with Gasteiger partial charge in [0.2, 0.25) is 0 Å². The Labute approximate surface area is 121 Å². The quantitative estimate of drug-likeness (QED) is 0.893. The number of nitrogens with one attached hydrogen (secondary N) is 1. The minimum Gasteiger partial charge on any atom is -0.380 e. The van der Waals surface area contributed by atoms with Crippen LogP contribution in [0.1, 0.15) is 33.1 Å². The van der Waals surface area contributed by atoms with Gasteiger partial charge in [-0.05, 0) is 57.8 Å². The van der Waals surface area contributed by atoms with E-state index >= 15 is 0 Å². The third-order valence-corrected chi connectivity index (χ3v) is 4.36. The molecule has 0 spiro atoms. The van der Waals surface area contributed by atoms with Crippen molar-refractivity contribution < 1.29 is 0 Å². The molecule has 1 atom stereocenters. The summed E-state index contributed by atoms with van der Waals surface area (Å²) in [5.41, 5.74) is 0.952. The number of hydrogen-bond acceptors (Lipinski definition) is 3. The van der Waals surface area contributed by atoms with Gasteiger partial charge in [0.1, 0.15) is 0 Å². The van der Waals surface area contributed by atoms with Gasteiger partial charge in [-0.2, -0.15) is 0 Å². The molecule has 1 unspecified atom stereocenters. The molecule has 19 heavy (non-hydrogen) atoms. The van der Waals surface area contributed by atoms with Crippen molar-refractivity contribution in [2.75, 3.05) is 25.0 Å². The van der Waals surface area contributed by atoms with Gasteiger partial charge in [-0.1, -0.05) is 18.5 Å². The second-order valence-corrected chi connectivity index (χ2v) is 5.87. The van der Waals surface area contributed by atoms with Gasteiger partial charge in [-0.15, -0.1) is 0 Å². The zero-order chi connectivity index (χ0) is 13.7. The van der Waals surface area contributed by atoms with E-state index in [0.29, 0.717) is 6.04 Å². The Balaban J connectivity index is 1.85. The lowest BCUT2D eigenvalue weighted by Crippen LogP contribution is -2.39. The van der Waals surface area contributed by atoms with Crippen molar-refractivity contribution in [3.63, 3.8) is 0 Å². The third-order valence-electron chi connectivity index (χ3n) is 4.03. The van der Waals surface area contributed by atoms with Crippen molar-refractivity contribution in [1.82, 2.24) is 9.88 Å². The van der Waals surface area contributed by atoms with Gasteiger partial charge in [-0.25, -0.2) is 0 Å². The Kier molecular flexibility index (Phi) is 5.46. The van der Waals surface area contributed by atoms with Gasteiger partial charge in [0.15, 0.2) is 0 Å². The van der Waals surface area contributed by atoms with Gasteiger partial charge < -0.3 is 10.2 Å². The van der Waals surface area contributed by atoms with Crippen molar-refractivity contribution in [3.8, 4) is 0 Å². The number of hydrogen-bond donors (Lipinski definition) is 1. The maximum atomic E-state index is 6.16. The molecule has 1 fully saturated rings. The summed E-state index contributed by atoms with van der Waals surface area (Å²) >= 11 is 6.16. The molecule has 2 rings (SSSR count). The second-order valence-electron chi connectivity index (χ2n) is 5.47. The number of piperidine rings is 1. The number of likely N-dealkylation sites (tertiary alicyclic amines) is 1. The topological polar surface area (TPSA) is 28.2 Å². The Morgan fingerprint density at radius 3 is 2.84 bits per heavy atom. The highest BCUT2D eigenvalue weighted by atomic mass is 35.5. The fraction of sp³-hybridized carbons (Fsp3) is 0.667. The molecular formula is C15H24ClN3. The molecule has 1 aliphatic heterocycles. The Hall–Kier alpha value is -0.800. The van der Waals surface area contributed by atoms with E-state index < -0.39 is 0 Å². The van der Waals surface area contributed by atoms with Gasteiger partial charge in [0, 0.05) is 12.2 Å². The number of nitrogens with zero attached hydrogens (tertiary/aromatic N) is 2. The van der Waals surface area contributed by atoms with Crippen LogP contribution in [0.25, 0.3) is 0 Å². The molecule has 1 aromatic rings. The van der Waals surface area contributed by atoms with E-state index in [-0.39, 0.29) is 0 Å². The van der Waals surface area contributed by atoms with Crippen molar-refractivity contribution in [3.05, 3.63) is 23.5 Å². The third kappa shape index (κ3) is 4.08. The van der Waals surface area contributed by atoms with E-state index in [1.165, 1.54) is 38.9 Å². The molecule has 4 heteroatoms. The van der Waals surface area contributed by atoms with Gasteiger partial charge in [0.25, 0.3) is 0 Å². The standard InChI is InChI=1S/C15H24ClN3/c1-3-8-19-9-5-13(6-10-19)12(2)18-15-11-17-7-4-14(15)16/h4,7,11-13,18H,3,5-6,8-10H2,1-2H3. The molecule has 0 bridgehead atoms. The van der Waals surface area contributed by atoms with Crippen LogP contribution in [0.15, 0.2) is 18.5 Å². The second kappa shape index (κ2) is 7.11. The molecule has 1 aromatic heterocycles. The average molecular weight is 282 g/mol. The molecule has 1 saturated heterocycles. The number of aromatic nitrogens is 1. The summed E-state index contributed by atoms with van der Waals surface area (Å²) in [4.78, 5) is 6.69. The normalized spacial score (nSPS) is 19.3. The molecule has 1 aliphatic rings. The highest BCUT2D eigenvalue weighted by molar-refractivity contribution is 6.33. The molecule has 3 nitrogen and oxygen atoms in total. The first-order valence-electron chi connectivity index (χ1n) is 7.29. The molecule has 2 heterocycles. The number of anilines is 1. The van der Waals surface area contributed by atoms with E-state index in [9.17, 15) is 0 Å². The van der Waals surface area contributed by atoms with E-state index in [4.69, 9.17) is 11.6 Å². The number of rotatable bonds is 5. The van der Waals surface area contributed by atoms with E-state index in [0.717, 1.165) is 16.6 Å².